The van der Waals surface area contributed by atoms with Crippen LogP contribution in [0.5, 0.6) is 5.88 Å². The minimum atomic E-state index is -0.385. The van der Waals surface area contributed by atoms with Gasteiger partial charge in [-0.25, -0.2) is 9.38 Å². The Labute approximate surface area is 173 Å². The summed E-state index contributed by atoms with van der Waals surface area (Å²) >= 11 is 1.34. The molecule has 6 heteroatoms. The molecule has 0 unspecified atom stereocenters. The lowest BCUT2D eigenvalue weighted by Gasteiger charge is -2.08. The number of para-hydroxylation sites is 2. The smallest absolute Gasteiger partial charge is 0.211 e. The van der Waals surface area contributed by atoms with E-state index in [1.807, 2.05) is 37.3 Å². The summed E-state index contributed by atoms with van der Waals surface area (Å²) in [6, 6.07) is 14.4. The molecular weight excluding hydrogens is 385 g/mol. The fourth-order valence-corrected chi connectivity index (χ4v) is 4.31. The van der Waals surface area contributed by atoms with Crippen LogP contribution in [0.2, 0.25) is 0 Å². The lowest BCUT2D eigenvalue weighted by atomic mass is 10.0. The van der Waals surface area contributed by atoms with Crippen molar-refractivity contribution in [2.75, 3.05) is 0 Å². The van der Waals surface area contributed by atoms with Gasteiger partial charge in [-0.15, -0.1) is 0 Å². The Balaban J connectivity index is 1.87. The van der Waals surface area contributed by atoms with Crippen molar-refractivity contribution >= 4 is 40.1 Å². The van der Waals surface area contributed by atoms with Gasteiger partial charge in [-0.1, -0.05) is 55.5 Å². The maximum atomic E-state index is 14.1. The molecule has 3 aromatic rings. The summed E-state index contributed by atoms with van der Waals surface area (Å²) in [4.78, 5) is 10.4. The van der Waals surface area contributed by atoms with E-state index in [4.69, 9.17) is 0 Å². The number of hydrogen-bond acceptors (Lipinski definition) is 4. The van der Waals surface area contributed by atoms with Crippen LogP contribution in [-0.2, 0) is 6.54 Å². The maximum Gasteiger partial charge on any atom is 0.211 e. The van der Waals surface area contributed by atoms with Gasteiger partial charge >= 0.3 is 0 Å². The number of aliphatic imine (C=N–C) groups is 1. The second-order valence-electron chi connectivity index (χ2n) is 7.41. The van der Waals surface area contributed by atoms with Crippen LogP contribution in [0.25, 0.3) is 11.6 Å². The zero-order valence-corrected chi connectivity index (χ0v) is 17.4. The van der Waals surface area contributed by atoms with Crippen molar-refractivity contribution in [3.8, 4) is 5.88 Å². The number of fused-ring (bicyclic) bond motifs is 1. The van der Waals surface area contributed by atoms with Crippen molar-refractivity contribution in [1.29, 1.82) is 0 Å². The van der Waals surface area contributed by atoms with Crippen LogP contribution in [0, 0.1) is 11.7 Å². The number of nitrogens with zero attached hydrogens (tertiary/aromatic N) is 3. The summed E-state index contributed by atoms with van der Waals surface area (Å²) in [5, 5.41) is 10.9. The zero-order chi connectivity index (χ0) is 20.5. The largest absolute Gasteiger partial charge is 0.493 e. The molecule has 2 heterocycles. The number of benzene rings is 2. The molecular formula is C23H22FN3OS. The molecule has 1 aromatic heterocycles. The van der Waals surface area contributed by atoms with Crippen molar-refractivity contribution in [3.05, 3.63) is 69.6 Å². The van der Waals surface area contributed by atoms with E-state index in [9.17, 15) is 9.50 Å². The molecule has 4 rings (SSSR count). The summed E-state index contributed by atoms with van der Waals surface area (Å²) < 4.78 is 15.9. The Hall–Kier alpha value is -2.99. The van der Waals surface area contributed by atoms with Crippen LogP contribution in [-0.4, -0.2) is 15.4 Å². The van der Waals surface area contributed by atoms with E-state index >= 15 is 0 Å². The van der Waals surface area contributed by atoms with Crippen LogP contribution >= 0.6 is 11.3 Å². The van der Waals surface area contributed by atoms with E-state index in [1.165, 1.54) is 17.4 Å². The van der Waals surface area contributed by atoms with Gasteiger partial charge in [-0.2, -0.15) is 0 Å². The number of aromatic nitrogens is 1. The van der Waals surface area contributed by atoms with E-state index in [1.54, 1.807) is 22.8 Å². The molecule has 0 aliphatic carbocycles. The first-order chi connectivity index (χ1) is 13.9. The summed E-state index contributed by atoms with van der Waals surface area (Å²) in [5.41, 5.74) is 4.11. The fraction of sp³-hybridized carbons (Fsp3) is 0.217. The first-order valence-corrected chi connectivity index (χ1v) is 10.3. The molecule has 0 fully saturated rings. The first kappa shape index (κ1) is 19.3. The van der Waals surface area contributed by atoms with Gasteiger partial charge in [0, 0.05) is 23.4 Å². The van der Waals surface area contributed by atoms with Crippen molar-refractivity contribution in [3.63, 3.8) is 0 Å². The highest BCUT2D eigenvalue weighted by Gasteiger charge is 2.20. The molecule has 29 heavy (non-hydrogen) atoms. The molecule has 2 aromatic carbocycles. The highest BCUT2D eigenvalue weighted by atomic mass is 32.1. The van der Waals surface area contributed by atoms with Gasteiger partial charge in [0.05, 0.1) is 10.6 Å². The van der Waals surface area contributed by atoms with Gasteiger partial charge in [0.2, 0.25) is 5.88 Å². The lowest BCUT2D eigenvalue weighted by Crippen LogP contribution is -2.17. The predicted molar refractivity (Wildman–Crippen MR) is 118 cm³/mol. The Morgan fingerprint density at radius 1 is 1.17 bits per heavy atom. The molecule has 0 atom stereocenters. The predicted octanol–water partition coefficient (Wildman–Crippen LogP) is 5.93. The summed E-state index contributed by atoms with van der Waals surface area (Å²) in [6.45, 7) is 6.68. The molecule has 1 aliphatic rings. The number of hydrogen-bond donors (Lipinski definition) is 1. The van der Waals surface area contributed by atoms with Gasteiger partial charge in [0.1, 0.15) is 11.5 Å². The zero-order valence-electron chi connectivity index (χ0n) is 16.6. The third-order valence-corrected chi connectivity index (χ3v) is 5.69. The third kappa shape index (κ3) is 3.80. The van der Waals surface area contributed by atoms with Crippen LogP contribution in [0.3, 0.4) is 0 Å². The highest BCUT2D eigenvalue weighted by molar-refractivity contribution is 7.10. The van der Waals surface area contributed by atoms with E-state index in [0.717, 1.165) is 22.5 Å². The average Bonchev–Trinajstić information content (AvgIpc) is 3.15. The Morgan fingerprint density at radius 2 is 1.90 bits per heavy atom. The highest BCUT2D eigenvalue weighted by Crippen LogP contribution is 2.37. The second kappa shape index (κ2) is 7.79. The van der Waals surface area contributed by atoms with Crippen LogP contribution in [0.4, 0.5) is 15.8 Å². The Morgan fingerprint density at radius 3 is 2.66 bits per heavy atom. The topological polar surface area (TPSA) is 49.9 Å². The quantitative estimate of drug-likeness (QED) is 0.573. The van der Waals surface area contributed by atoms with E-state index in [2.05, 4.69) is 23.8 Å². The number of halogens is 1. The summed E-state index contributed by atoms with van der Waals surface area (Å²) in [5.74, 6) is 0.0543. The Bertz CT molecular complexity index is 1200. The van der Waals surface area contributed by atoms with Gasteiger partial charge in [-0.3, -0.25) is 9.56 Å². The molecule has 0 radical (unpaired) electrons. The van der Waals surface area contributed by atoms with Gasteiger partial charge < -0.3 is 5.11 Å². The molecule has 0 amide bonds. The Kier molecular flexibility index (Phi) is 5.20. The van der Waals surface area contributed by atoms with Crippen LogP contribution in [0.1, 0.15) is 31.2 Å². The summed E-state index contributed by atoms with van der Waals surface area (Å²) in [6.07, 6.45) is 1.95. The van der Waals surface area contributed by atoms with E-state index < -0.39 is 0 Å². The normalized spacial score (nSPS) is 15.3. The van der Waals surface area contributed by atoms with Gasteiger partial charge in [0.25, 0.3) is 0 Å². The van der Waals surface area contributed by atoms with Crippen molar-refractivity contribution in [2.24, 2.45) is 15.9 Å². The monoisotopic (exact) mass is 407 g/mol. The minimum absolute atomic E-state index is 0.142. The van der Waals surface area contributed by atoms with E-state index in [0.29, 0.717) is 22.1 Å². The van der Waals surface area contributed by atoms with E-state index in [-0.39, 0.29) is 17.4 Å². The van der Waals surface area contributed by atoms with Crippen LogP contribution in [0.15, 0.2) is 58.5 Å². The molecule has 0 saturated heterocycles. The van der Waals surface area contributed by atoms with Gasteiger partial charge in [0.15, 0.2) is 4.80 Å². The first-order valence-electron chi connectivity index (χ1n) is 9.52. The van der Waals surface area contributed by atoms with Crippen molar-refractivity contribution in [1.82, 2.24) is 4.57 Å². The van der Waals surface area contributed by atoms with Crippen LogP contribution < -0.4 is 4.80 Å². The number of thiazole rings is 1. The van der Waals surface area contributed by atoms with Gasteiger partial charge in [-0.05, 0) is 37.1 Å². The summed E-state index contributed by atoms with van der Waals surface area (Å²) in [7, 11) is 0. The maximum absolute atomic E-state index is 14.1. The third-order valence-electron chi connectivity index (χ3n) is 4.67. The molecule has 1 aliphatic heterocycles. The number of allylic oxidation sites excluding steroid dienone is 1. The SMILES string of the molecule is CC1=Nc2ccccc2/C1=C/c1sc(=Nc2ccccc2F)n(CC(C)C)c1O. The standard InChI is InChI=1S/C23H22FN3OS/c1-14(2)13-27-22(28)21(29-23(27)26-20-11-7-5-9-18(20)24)12-17-15(3)25-19-10-6-4-8-16(17)19/h4-12,14,28H,13H2,1-3H3/b17-12+,26-23?. The van der Waals surface area contributed by atoms with Crippen molar-refractivity contribution < 1.29 is 9.50 Å². The molecule has 148 valence electrons. The van der Waals surface area contributed by atoms with Crippen molar-refractivity contribution in [2.45, 2.75) is 27.3 Å². The average molecular weight is 408 g/mol. The second-order valence-corrected chi connectivity index (χ2v) is 8.42. The number of aromatic hydroxyl groups is 1. The molecule has 4 nitrogen and oxygen atoms in total. The molecule has 0 bridgehead atoms. The molecule has 1 N–H and O–H groups in total. The lowest BCUT2D eigenvalue weighted by molar-refractivity contribution is 0.387. The molecule has 0 saturated carbocycles. The number of rotatable bonds is 4. The molecule has 0 spiro atoms. The fourth-order valence-electron chi connectivity index (χ4n) is 3.32. The minimum Gasteiger partial charge on any atom is -0.493 e.